The Labute approximate surface area is 121 Å². The first-order valence-electron chi connectivity index (χ1n) is 6.00. The van der Waals surface area contributed by atoms with Crippen LogP contribution in [0, 0.1) is 5.82 Å². The first-order valence-corrected chi connectivity index (χ1v) is 6.38. The maximum atomic E-state index is 13.5. The van der Waals surface area contributed by atoms with Crippen molar-refractivity contribution in [1.29, 1.82) is 0 Å². The number of hydrogen-bond acceptors (Lipinski definition) is 3. The van der Waals surface area contributed by atoms with E-state index < -0.39 is 17.7 Å². The molecule has 0 heterocycles. The highest BCUT2D eigenvalue weighted by atomic mass is 35.5. The van der Waals surface area contributed by atoms with E-state index in [0.717, 1.165) is 6.07 Å². The molecule has 0 aliphatic heterocycles. The summed E-state index contributed by atoms with van der Waals surface area (Å²) in [6.45, 7) is 3.17. The summed E-state index contributed by atoms with van der Waals surface area (Å²) in [4.78, 5) is 24.0. The fourth-order valence-corrected chi connectivity index (χ4v) is 1.72. The summed E-state index contributed by atoms with van der Waals surface area (Å²) in [5.74, 6) is -2.15. The second-order valence-corrected chi connectivity index (χ2v) is 5.00. The topological polar surface area (TPSA) is 69.6 Å². The van der Waals surface area contributed by atoms with Crippen molar-refractivity contribution >= 4 is 29.2 Å². The van der Waals surface area contributed by atoms with Crippen molar-refractivity contribution in [2.24, 2.45) is 0 Å². The van der Waals surface area contributed by atoms with E-state index in [4.69, 9.17) is 16.7 Å². The van der Waals surface area contributed by atoms with Crippen LogP contribution in [0.2, 0.25) is 5.02 Å². The molecule has 1 aromatic carbocycles. The molecule has 0 spiro atoms. The van der Waals surface area contributed by atoms with E-state index in [1.807, 2.05) is 0 Å². The average Bonchev–Trinajstić information content (AvgIpc) is 2.31. The van der Waals surface area contributed by atoms with Gasteiger partial charge in [-0.1, -0.05) is 11.6 Å². The first kappa shape index (κ1) is 16.4. The maximum absolute atomic E-state index is 13.5. The second kappa shape index (κ2) is 7.21. The minimum absolute atomic E-state index is 0.0124. The van der Waals surface area contributed by atoms with Gasteiger partial charge in [0.1, 0.15) is 5.82 Å². The smallest absolute Gasteiger partial charge is 0.317 e. The molecule has 5 nitrogen and oxygen atoms in total. The number of carbonyl (C=O) groups is 2. The molecule has 0 atom stereocenters. The van der Waals surface area contributed by atoms with Crippen LogP contribution in [0.15, 0.2) is 18.2 Å². The fraction of sp³-hybridized carbons (Fsp3) is 0.385. The number of rotatable bonds is 6. The molecule has 0 saturated carbocycles. The minimum atomic E-state index is -1.02. The van der Waals surface area contributed by atoms with E-state index in [1.54, 1.807) is 13.8 Å². The number of nitrogens with one attached hydrogen (secondary N) is 1. The zero-order valence-electron chi connectivity index (χ0n) is 11.2. The van der Waals surface area contributed by atoms with Crippen LogP contribution < -0.4 is 5.32 Å². The molecule has 110 valence electrons. The molecule has 1 amide bonds. The Hall–Kier alpha value is -1.66. The molecule has 0 aromatic heterocycles. The predicted octanol–water partition coefficient (Wildman–Crippen LogP) is 2.21. The van der Waals surface area contributed by atoms with E-state index in [-0.39, 0.29) is 29.8 Å². The molecule has 0 bridgehead atoms. The number of benzene rings is 1. The molecular formula is C13H16ClFN2O3. The maximum Gasteiger partial charge on any atom is 0.317 e. The predicted molar refractivity (Wildman–Crippen MR) is 74.4 cm³/mol. The number of halogens is 2. The lowest BCUT2D eigenvalue weighted by Gasteiger charge is -2.23. The van der Waals surface area contributed by atoms with Crippen LogP contribution in [0.1, 0.15) is 13.8 Å². The van der Waals surface area contributed by atoms with Crippen molar-refractivity contribution in [2.45, 2.75) is 19.9 Å². The Kier molecular flexibility index (Phi) is 5.91. The van der Waals surface area contributed by atoms with Crippen LogP contribution in [0.25, 0.3) is 0 Å². The first-order chi connectivity index (χ1) is 9.29. The number of aliphatic carboxylic acids is 1. The molecule has 0 aliphatic rings. The molecule has 0 radical (unpaired) electrons. The van der Waals surface area contributed by atoms with Gasteiger partial charge in [0.15, 0.2) is 0 Å². The van der Waals surface area contributed by atoms with Crippen molar-refractivity contribution in [3.8, 4) is 0 Å². The third-order valence-corrected chi connectivity index (χ3v) is 2.86. The molecule has 1 rings (SSSR count). The van der Waals surface area contributed by atoms with Gasteiger partial charge in [-0.15, -0.1) is 0 Å². The Bertz CT molecular complexity index is 508. The molecule has 0 fully saturated rings. The molecule has 0 unspecified atom stereocenters. The fourth-order valence-electron chi connectivity index (χ4n) is 1.56. The number of nitrogens with zero attached hydrogens (tertiary/aromatic N) is 1. The number of carboxylic acid groups (broad SMARTS) is 1. The highest BCUT2D eigenvalue weighted by molar-refractivity contribution is 6.30. The van der Waals surface area contributed by atoms with E-state index in [9.17, 15) is 14.0 Å². The van der Waals surface area contributed by atoms with Gasteiger partial charge in [-0.3, -0.25) is 14.5 Å². The lowest BCUT2D eigenvalue weighted by Crippen LogP contribution is -2.41. The van der Waals surface area contributed by atoms with Gasteiger partial charge >= 0.3 is 5.97 Å². The number of amides is 1. The van der Waals surface area contributed by atoms with Gasteiger partial charge in [-0.2, -0.15) is 0 Å². The van der Waals surface area contributed by atoms with Gasteiger partial charge in [-0.25, -0.2) is 4.39 Å². The Morgan fingerprint density at radius 1 is 1.40 bits per heavy atom. The van der Waals surface area contributed by atoms with Crippen molar-refractivity contribution in [2.75, 3.05) is 18.4 Å². The summed E-state index contributed by atoms with van der Waals surface area (Å²) >= 11 is 5.61. The number of hydrogen-bond donors (Lipinski definition) is 2. The van der Waals surface area contributed by atoms with Crippen LogP contribution >= 0.6 is 11.6 Å². The highest BCUT2D eigenvalue weighted by Crippen LogP contribution is 2.18. The van der Waals surface area contributed by atoms with Gasteiger partial charge in [0.2, 0.25) is 5.91 Å². The SMILES string of the molecule is CC(C)N(CC(=O)O)CC(=O)Nc1ccc(Cl)cc1F. The van der Waals surface area contributed by atoms with Crippen LogP contribution in [-0.4, -0.2) is 41.0 Å². The average molecular weight is 303 g/mol. The molecule has 0 aliphatic carbocycles. The quantitative estimate of drug-likeness (QED) is 0.845. The highest BCUT2D eigenvalue weighted by Gasteiger charge is 2.17. The molecule has 7 heteroatoms. The van der Waals surface area contributed by atoms with Crippen molar-refractivity contribution in [1.82, 2.24) is 4.90 Å². The van der Waals surface area contributed by atoms with Crippen molar-refractivity contribution in [3.63, 3.8) is 0 Å². The minimum Gasteiger partial charge on any atom is -0.480 e. The van der Waals surface area contributed by atoms with E-state index in [0.29, 0.717) is 0 Å². The van der Waals surface area contributed by atoms with Gasteiger partial charge in [0, 0.05) is 11.1 Å². The summed E-state index contributed by atoms with van der Waals surface area (Å²) in [6, 6.07) is 3.78. The monoisotopic (exact) mass is 302 g/mol. The van der Waals surface area contributed by atoms with Crippen molar-refractivity contribution < 1.29 is 19.1 Å². The van der Waals surface area contributed by atoms with Crippen LogP contribution in [0.3, 0.4) is 0 Å². The number of anilines is 1. The van der Waals surface area contributed by atoms with Gasteiger partial charge < -0.3 is 10.4 Å². The summed E-state index contributed by atoms with van der Waals surface area (Å²) in [5.41, 5.74) is 0.0124. The van der Waals surface area contributed by atoms with E-state index >= 15 is 0 Å². The summed E-state index contributed by atoms with van der Waals surface area (Å²) in [7, 11) is 0. The number of carboxylic acids is 1. The molecule has 1 aromatic rings. The summed E-state index contributed by atoms with van der Waals surface area (Å²) < 4.78 is 13.5. The Morgan fingerprint density at radius 3 is 2.55 bits per heavy atom. The molecular weight excluding hydrogens is 287 g/mol. The summed E-state index contributed by atoms with van der Waals surface area (Å²) in [6.07, 6.45) is 0. The third-order valence-electron chi connectivity index (χ3n) is 2.62. The Morgan fingerprint density at radius 2 is 2.05 bits per heavy atom. The van der Waals surface area contributed by atoms with Crippen LogP contribution in [-0.2, 0) is 9.59 Å². The normalized spacial score (nSPS) is 10.9. The lowest BCUT2D eigenvalue weighted by atomic mass is 10.3. The van der Waals surface area contributed by atoms with Crippen molar-refractivity contribution in [3.05, 3.63) is 29.0 Å². The van der Waals surface area contributed by atoms with Gasteiger partial charge in [0.25, 0.3) is 0 Å². The van der Waals surface area contributed by atoms with Crippen LogP contribution in [0.4, 0.5) is 10.1 Å². The second-order valence-electron chi connectivity index (χ2n) is 4.56. The van der Waals surface area contributed by atoms with Gasteiger partial charge in [0.05, 0.1) is 18.8 Å². The Balaban J connectivity index is 2.68. The lowest BCUT2D eigenvalue weighted by molar-refractivity contribution is -0.139. The van der Waals surface area contributed by atoms with E-state index in [2.05, 4.69) is 5.32 Å². The zero-order valence-corrected chi connectivity index (χ0v) is 11.9. The molecule has 2 N–H and O–H groups in total. The molecule has 20 heavy (non-hydrogen) atoms. The largest absolute Gasteiger partial charge is 0.480 e. The molecule has 0 saturated heterocycles. The van der Waals surface area contributed by atoms with E-state index in [1.165, 1.54) is 17.0 Å². The number of carbonyl (C=O) groups excluding carboxylic acids is 1. The van der Waals surface area contributed by atoms with Gasteiger partial charge in [-0.05, 0) is 32.0 Å². The standard InChI is InChI=1S/C13H16ClFN2O3/c1-8(2)17(7-13(19)20)6-12(18)16-11-4-3-9(14)5-10(11)15/h3-5,8H,6-7H2,1-2H3,(H,16,18)(H,19,20). The zero-order chi connectivity index (χ0) is 15.3. The summed E-state index contributed by atoms with van der Waals surface area (Å²) in [5, 5.41) is 11.4. The third kappa shape index (κ3) is 5.14. The van der Waals surface area contributed by atoms with Crippen LogP contribution in [0.5, 0.6) is 0 Å².